The van der Waals surface area contributed by atoms with Gasteiger partial charge in [0.05, 0.1) is 6.42 Å². The highest BCUT2D eigenvalue weighted by molar-refractivity contribution is 6.35. The molecule has 0 atom stereocenters. The minimum atomic E-state index is -0.351. The van der Waals surface area contributed by atoms with Gasteiger partial charge in [-0.05, 0) is 35.4 Å². The summed E-state index contributed by atoms with van der Waals surface area (Å²) in [4.78, 5) is 11.8. The van der Waals surface area contributed by atoms with Crippen LogP contribution in [-0.4, -0.2) is 5.91 Å². The molecule has 0 aliphatic carbocycles. The highest BCUT2D eigenvalue weighted by Gasteiger charge is 2.06. The summed E-state index contributed by atoms with van der Waals surface area (Å²) >= 11 is 11.8. The van der Waals surface area contributed by atoms with E-state index in [-0.39, 0.29) is 18.1 Å². The van der Waals surface area contributed by atoms with Crippen molar-refractivity contribution in [3.8, 4) is 0 Å². The first-order chi connectivity index (χ1) is 9.54. The molecule has 0 heterocycles. The molecule has 0 aromatic heterocycles. The molecule has 20 heavy (non-hydrogen) atoms. The van der Waals surface area contributed by atoms with Crippen molar-refractivity contribution in [2.24, 2.45) is 0 Å². The topological polar surface area (TPSA) is 29.1 Å². The average molecular weight is 312 g/mol. The fraction of sp³-hybridized carbons (Fsp3) is 0.133. The highest BCUT2D eigenvalue weighted by Crippen LogP contribution is 2.20. The van der Waals surface area contributed by atoms with Crippen LogP contribution in [0.4, 0.5) is 4.39 Å². The molecule has 0 aliphatic rings. The van der Waals surface area contributed by atoms with Gasteiger partial charge in [-0.2, -0.15) is 0 Å². The van der Waals surface area contributed by atoms with E-state index < -0.39 is 0 Å². The van der Waals surface area contributed by atoms with Crippen molar-refractivity contribution in [1.82, 2.24) is 5.32 Å². The van der Waals surface area contributed by atoms with Gasteiger partial charge in [0.1, 0.15) is 5.82 Å². The molecule has 0 aliphatic heterocycles. The average Bonchev–Trinajstić information content (AvgIpc) is 2.37. The summed E-state index contributed by atoms with van der Waals surface area (Å²) in [6.07, 6.45) is 0.128. The summed E-state index contributed by atoms with van der Waals surface area (Å²) in [6.45, 7) is 0.310. The van der Waals surface area contributed by atoms with Crippen LogP contribution in [0.25, 0.3) is 0 Å². The molecule has 1 N–H and O–H groups in total. The highest BCUT2D eigenvalue weighted by atomic mass is 35.5. The predicted octanol–water partition coefficient (Wildman–Crippen LogP) is 3.99. The first kappa shape index (κ1) is 14.8. The Morgan fingerprint density at radius 2 is 1.95 bits per heavy atom. The standard InChI is InChI=1S/C15H12Cl2FNO/c16-12-5-4-11(14(17)8-12)9-19-15(20)7-10-2-1-3-13(18)6-10/h1-6,8H,7,9H2,(H,19,20). The molecular weight excluding hydrogens is 300 g/mol. The van der Waals surface area contributed by atoms with Crippen LogP contribution < -0.4 is 5.32 Å². The fourth-order valence-corrected chi connectivity index (χ4v) is 2.23. The van der Waals surface area contributed by atoms with Crippen molar-refractivity contribution in [3.63, 3.8) is 0 Å². The number of hydrogen-bond donors (Lipinski definition) is 1. The maximum Gasteiger partial charge on any atom is 0.224 e. The van der Waals surface area contributed by atoms with Gasteiger partial charge in [0.2, 0.25) is 5.91 Å². The molecule has 0 spiro atoms. The van der Waals surface area contributed by atoms with Crippen LogP contribution in [0, 0.1) is 5.82 Å². The van der Waals surface area contributed by atoms with Crippen molar-refractivity contribution >= 4 is 29.1 Å². The molecule has 104 valence electrons. The Hall–Kier alpha value is -1.58. The summed E-state index contributed by atoms with van der Waals surface area (Å²) in [5.41, 5.74) is 1.41. The lowest BCUT2D eigenvalue weighted by Crippen LogP contribution is -2.24. The second-order valence-corrected chi connectivity index (χ2v) is 5.16. The summed E-state index contributed by atoms with van der Waals surface area (Å²) in [5.74, 6) is -0.544. The Morgan fingerprint density at radius 3 is 2.65 bits per heavy atom. The molecule has 2 rings (SSSR count). The van der Waals surface area contributed by atoms with Gasteiger partial charge in [0.25, 0.3) is 0 Å². The number of benzene rings is 2. The predicted molar refractivity (Wildman–Crippen MR) is 78.4 cm³/mol. The zero-order chi connectivity index (χ0) is 14.5. The number of carbonyl (C=O) groups is 1. The van der Waals surface area contributed by atoms with Crippen molar-refractivity contribution < 1.29 is 9.18 Å². The van der Waals surface area contributed by atoms with E-state index in [1.807, 2.05) is 0 Å². The molecule has 0 saturated carbocycles. The fourth-order valence-electron chi connectivity index (χ4n) is 1.75. The zero-order valence-electron chi connectivity index (χ0n) is 10.5. The van der Waals surface area contributed by atoms with Crippen LogP contribution in [0.2, 0.25) is 10.0 Å². The van der Waals surface area contributed by atoms with Crippen LogP contribution in [0.5, 0.6) is 0 Å². The third kappa shape index (κ3) is 4.22. The summed E-state index contributed by atoms with van der Waals surface area (Å²) < 4.78 is 13.0. The molecule has 2 aromatic rings. The molecule has 0 fully saturated rings. The van der Waals surface area contributed by atoms with Crippen LogP contribution in [-0.2, 0) is 17.8 Å². The molecule has 0 unspecified atom stereocenters. The third-order valence-electron chi connectivity index (χ3n) is 2.74. The van der Waals surface area contributed by atoms with Gasteiger partial charge in [-0.25, -0.2) is 4.39 Å². The number of halogens is 3. The minimum Gasteiger partial charge on any atom is -0.352 e. The van der Waals surface area contributed by atoms with Gasteiger partial charge in [-0.1, -0.05) is 41.4 Å². The van der Waals surface area contributed by atoms with Crippen molar-refractivity contribution in [3.05, 3.63) is 69.5 Å². The van der Waals surface area contributed by atoms with Crippen molar-refractivity contribution in [2.75, 3.05) is 0 Å². The summed E-state index contributed by atoms with van der Waals surface area (Å²) in [7, 11) is 0. The first-order valence-corrected chi connectivity index (χ1v) is 6.75. The SMILES string of the molecule is O=C(Cc1cccc(F)c1)NCc1ccc(Cl)cc1Cl. The minimum absolute atomic E-state index is 0.128. The zero-order valence-corrected chi connectivity index (χ0v) is 12.0. The van der Waals surface area contributed by atoms with E-state index in [1.165, 1.54) is 12.1 Å². The van der Waals surface area contributed by atoms with Crippen molar-refractivity contribution in [2.45, 2.75) is 13.0 Å². The molecule has 1 amide bonds. The summed E-state index contributed by atoms with van der Waals surface area (Å²) in [6, 6.07) is 11.1. The quantitative estimate of drug-likeness (QED) is 0.908. The first-order valence-electron chi connectivity index (χ1n) is 5.99. The molecule has 5 heteroatoms. The lowest BCUT2D eigenvalue weighted by atomic mass is 10.1. The maximum absolute atomic E-state index is 13.0. The second-order valence-electron chi connectivity index (χ2n) is 4.32. The molecule has 0 bridgehead atoms. The molecule has 2 nitrogen and oxygen atoms in total. The van der Waals surface area contributed by atoms with Crippen LogP contribution in [0.1, 0.15) is 11.1 Å². The Bertz CT molecular complexity index is 631. The molecule has 0 radical (unpaired) electrons. The number of nitrogens with one attached hydrogen (secondary N) is 1. The summed E-state index contributed by atoms with van der Waals surface area (Å²) in [5, 5.41) is 3.79. The lowest BCUT2D eigenvalue weighted by molar-refractivity contribution is -0.120. The normalized spacial score (nSPS) is 10.3. The van der Waals surface area contributed by atoms with Gasteiger partial charge < -0.3 is 5.32 Å². The Kier molecular flexibility index (Phi) is 4.99. The smallest absolute Gasteiger partial charge is 0.224 e. The van der Waals surface area contributed by atoms with E-state index in [2.05, 4.69) is 5.32 Å². The van der Waals surface area contributed by atoms with Gasteiger partial charge in [-0.3, -0.25) is 4.79 Å². The van der Waals surface area contributed by atoms with Gasteiger partial charge >= 0.3 is 0 Å². The number of rotatable bonds is 4. The van der Waals surface area contributed by atoms with E-state index >= 15 is 0 Å². The number of carbonyl (C=O) groups excluding carboxylic acids is 1. The van der Waals surface area contributed by atoms with E-state index in [0.29, 0.717) is 22.2 Å². The van der Waals surface area contributed by atoms with Crippen LogP contribution in [0.15, 0.2) is 42.5 Å². The van der Waals surface area contributed by atoms with E-state index in [9.17, 15) is 9.18 Å². The molecule has 0 saturated heterocycles. The Balaban J connectivity index is 1.92. The monoisotopic (exact) mass is 311 g/mol. The van der Waals surface area contributed by atoms with E-state index in [0.717, 1.165) is 5.56 Å². The number of amides is 1. The van der Waals surface area contributed by atoms with Crippen LogP contribution in [0.3, 0.4) is 0 Å². The molecule has 2 aromatic carbocycles. The number of hydrogen-bond acceptors (Lipinski definition) is 1. The molecular formula is C15H12Cl2FNO. The largest absolute Gasteiger partial charge is 0.352 e. The second kappa shape index (κ2) is 6.73. The van der Waals surface area contributed by atoms with Gasteiger partial charge in [-0.15, -0.1) is 0 Å². The Labute approximate surface area is 126 Å². The third-order valence-corrected chi connectivity index (χ3v) is 3.33. The van der Waals surface area contributed by atoms with Gasteiger partial charge in [0.15, 0.2) is 0 Å². The maximum atomic E-state index is 13.0. The van der Waals surface area contributed by atoms with E-state index in [1.54, 1.807) is 30.3 Å². The Morgan fingerprint density at radius 1 is 1.15 bits per heavy atom. The van der Waals surface area contributed by atoms with Gasteiger partial charge in [0, 0.05) is 16.6 Å². The van der Waals surface area contributed by atoms with Crippen molar-refractivity contribution in [1.29, 1.82) is 0 Å². The lowest BCUT2D eigenvalue weighted by Gasteiger charge is -2.07. The van der Waals surface area contributed by atoms with E-state index in [4.69, 9.17) is 23.2 Å². The van der Waals surface area contributed by atoms with Crippen LogP contribution >= 0.6 is 23.2 Å².